The summed E-state index contributed by atoms with van der Waals surface area (Å²) in [6.45, 7) is 8.67. The molecule has 0 atom stereocenters. The topological polar surface area (TPSA) is 90.2 Å². The maximum atomic E-state index is 11.1. The molecule has 1 heterocycles. The van der Waals surface area contributed by atoms with E-state index in [9.17, 15) is 4.79 Å². The van der Waals surface area contributed by atoms with Gasteiger partial charge >= 0.3 is 0 Å². The van der Waals surface area contributed by atoms with E-state index in [1.165, 1.54) is 0 Å². The molecule has 0 aliphatic carbocycles. The van der Waals surface area contributed by atoms with Crippen LogP contribution in [0.5, 0.6) is 0 Å². The minimum Gasteiger partial charge on any atom is -0.394 e. The van der Waals surface area contributed by atoms with Gasteiger partial charge in [0.15, 0.2) is 5.82 Å². The van der Waals surface area contributed by atoms with Crippen LogP contribution in [0.15, 0.2) is 0 Å². The predicted octanol–water partition coefficient (Wildman–Crippen LogP) is 0.494. The van der Waals surface area contributed by atoms with E-state index in [1.54, 1.807) is 4.68 Å². The Morgan fingerprint density at radius 2 is 2.12 bits per heavy atom. The first kappa shape index (κ1) is 13.3. The Balaban J connectivity index is 3.21. The number of anilines is 2. The number of amides is 1. The molecule has 96 valence electrons. The lowest BCUT2D eigenvalue weighted by atomic mass is 10.2. The summed E-state index contributed by atoms with van der Waals surface area (Å²) in [6, 6.07) is 0.131. The van der Waals surface area contributed by atoms with Gasteiger partial charge in [-0.15, -0.1) is 0 Å². The highest BCUT2D eigenvalue weighted by Crippen LogP contribution is 2.27. The van der Waals surface area contributed by atoms with Crippen molar-refractivity contribution in [3.63, 3.8) is 0 Å². The summed E-state index contributed by atoms with van der Waals surface area (Å²) in [4.78, 5) is 13.0. The third-order valence-electron chi connectivity index (χ3n) is 2.67. The van der Waals surface area contributed by atoms with Gasteiger partial charge in [0.25, 0.3) is 0 Å². The quantitative estimate of drug-likeness (QED) is 0.782. The monoisotopic (exact) mass is 239 g/mol. The third-order valence-corrected chi connectivity index (χ3v) is 2.67. The molecule has 6 nitrogen and oxygen atoms in total. The highest BCUT2D eigenvalue weighted by molar-refractivity contribution is 5.81. The molecular weight excluding hydrogens is 218 g/mol. The Morgan fingerprint density at radius 1 is 1.53 bits per heavy atom. The van der Waals surface area contributed by atoms with Crippen molar-refractivity contribution in [3.05, 3.63) is 5.69 Å². The average molecular weight is 239 g/mol. The molecule has 0 saturated heterocycles. The lowest BCUT2D eigenvalue weighted by molar-refractivity contribution is -0.116. The first-order valence-corrected chi connectivity index (χ1v) is 5.76. The van der Waals surface area contributed by atoms with Gasteiger partial charge in [-0.2, -0.15) is 5.10 Å². The zero-order chi connectivity index (χ0) is 13.2. The van der Waals surface area contributed by atoms with Gasteiger partial charge in [-0.05, 0) is 27.7 Å². The van der Waals surface area contributed by atoms with Crippen LogP contribution in [-0.4, -0.2) is 28.3 Å². The van der Waals surface area contributed by atoms with E-state index >= 15 is 0 Å². The molecule has 6 heteroatoms. The molecule has 0 saturated carbocycles. The van der Waals surface area contributed by atoms with Gasteiger partial charge in [0.1, 0.15) is 0 Å². The molecule has 1 rings (SSSR count). The van der Waals surface area contributed by atoms with Crippen LogP contribution in [0.2, 0.25) is 0 Å². The van der Waals surface area contributed by atoms with E-state index in [4.69, 9.17) is 11.5 Å². The second kappa shape index (κ2) is 5.07. The number of primary amides is 1. The smallest absolute Gasteiger partial charge is 0.237 e. The Kier molecular flexibility index (Phi) is 3.98. The van der Waals surface area contributed by atoms with E-state index in [2.05, 4.69) is 5.10 Å². The molecule has 17 heavy (non-hydrogen) atoms. The zero-order valence-electron chi connectivity index (χ0n) is 10.9. The normalized spacial score (nSPS) is 10.9. The molecule has 4 N–H and O–H groups in total. The molecule has 0 fully saturated rings. The van der Waals surface area contributed by atoms with Crippen LogP contribution in [0, 0.1) is 6.92 Å². The molecule has 0 aliphatic rings. The second-order valence-corrected chi connectivity index (χ2v) is 4.33. The molecular formula is C11H21N5O. The number of carbonyl (C=O) groups is 1. The summed E-state index contributed by atoms with van der Waals surface area (Å²) in [5, 5.41) is 4.34. The Morgan fingerprint density at radius 3 is 2.53 bits per heavy atom. The Bertz CT molecular complexity index is 410. The summed E-state index contributed by atoms with van der Waals surface area (Å²) in [5.41, 5.74) is 12.7. The van der Waals surface area contributed by atoms with Crippen molar-refractivity contribution in [1.29, 1.82) is 0 Å². The van der Waals surface area contributed by atoms with E-state index in [-0.39, 0.29) is 18.5 Å². The number of carbonyl (C=O) groups excluding carboxylic acids is 1. The zero-order valence-corrected chi connectivity index (χ0v) is 10.9. The number of hydrogen-bond acceptors (Lipinski definition) is 4. The fraction of sp³-hybridized carbons (Fsp3) is 0.636. The third kappa shape index (κ3) is 2.69. The Hall–Kier alpha value is -1.72. The lowest BCUT2D eigenvalue weighted by Gasteiger charge is -2.28. The highest BCUT2D eigenvalue weighted by atomic mass is 16.1. The number of aromatic nitrogens is 2. The number of nitrogens with zero attached hydrogens (tertiary/aromatic N) is 3. The first-order chi connectivity index (χ1) is 7.88. The van der Waals surface area contributed by atoms with Crippen molar-refractivity contribution in [1.82, 2.24) is 9.78 Å². The fourth-order valence-electron chi connectivity index (χ4n) is 1.78. The van der Waals surface area contributed by atoms with Gasteiger partial charge in [-0.25, -0.2) is 4.68 Å². The van der Waals surface area contributed by atoms with Crippen LogP contribution in [-0.2, 0) is 11.3 Å². The SMILES string of the molecule is CCn1nc(C)c(N)c1N(CC(N)=O)C(C)C. The van der Waals surface area contributed by atoms with E-state index in [0.29, 0.717) is 12.2 Å². The molecule has 1 aromatic rings. The Labute approximate surface area is 102 Å². The van der Waals surface area contributed by atoms with E-state index in [0.717, 1.165) is 11.5 Å². The van der Waals surface area contributed by atoms with Gasteiger partial charge in [-0.3, -0.25) is 4.79 Å². The molecule has 0 bridgehead atoms. The van der Waals surface area contributed by atoms with E-state index < -0.39 is 0 Å². The van der Waals surface area contributed by atoms with Crippen LogP contribution in [0.25, 0.3) is 0 Å². The van der Waals surface area contributed by atoms with Crippen LogP contribution in [0.3, 0.4) is 0 Å². The predicted molar refractivity (Wildman–Crippen MR) is 68.7 cm³/mol. The maximum Gasteiger partial charge on any atom is 0.237 e. The average Bonchev–Trinajstić information content (AvgIpc) is 2.51. The van der Waals surface area contributed by atoms with Gasteiger partial charge < -0.3 is 16.4 Å². The minimum atomic E-state index is -0.375. The lowest BCUT2D eigenvalue weighted by Crippen LogP contribution is -2.40. The first-order valence-electron chi connectivity index (χ1n) is 5.76. The van der Waals surface area contributed by atoms with Crippen molar-refractivity contribution in [3.8, 4) is 0 Å². The fourth-order valence-corrected chi connectivity index (χ4v) is 1.78. The van der Waals surface area contributed by atoms with Crippen molar-refractivity contribution in [2.45, 2.75) is 40.3 Å². The number of nitrogen functional groups attached to an aromatic ring is 1. The molecule has 0 aliphatic heterocycles. The van der Waals surface area contributed by atoms with Gasteiger partial charge in [0.2, 0.25) is 5.91 Å². The summed E-state index contributed by atoms with van der Waals surface area (Å²) in [6.07, 6.45) is 0. The molecule has 0 unspecified atom stereocenters. The summed E-state index contributed by atoms with van der Waals surface area (Å²) in [7, 11) is 0. The summed E-state index contributed by atoms with van der Waals surface area (Å²) in [5.74, 6) is 0.401. The summed E-state index contributed by atoms with van der Waals surface area (Å²) >= 11 is 0. The number of hydrogen-bond donors (Lipinski definition) is 2. The molecule has 0 aromatic carbocycles. The van der Waals surface area contributed by atoms with Gasteiger partial charge in [0.05, 0.1) is 17.9 Å². The van der Waals surface area contributed by atoms with Crippen LogP contribution >= 0.6 is 0 Å². The van der Waals surface area contributed by atoms with Crippen LogP contribution < -0.4 is 16.4 Å². The molecule has 1 amide bonds. The van der Waals surface area contributed by atoms with Crippen molar-refractivity contribution >= 4 is 17.4 Å². The molecule has 0 spiro atoms. The van der Waals surface area contributed by atoms with Gasteiger partial charge in [-0.1, -0.05) is 0 Å². The minimum absolute atomic E-state index is 0.131. The van der Waals surface area contributed by atoms with Crippen LogP contribution in [0.4, 0.5) is 11.5 Å². The number of rotatable bonds is 5. The van der Waals surface area contributed by atoms with E-state index in [1.807, 2.05) is 32.6 Å². The van der Waals surface area contributed by atoms with Gasteiger partial charge in [0, 0.05) is 12.6 Å². The highest BCUT2D eigenvalue weighted by Gasteiger charge is 2.21. The largest absolute Gasteiger partial charge is 0.394 e. The van der Waals surface area contributed by atoms with Crippen LogP contribution in [0.1, 0.15) is 26.5 Å². The van der Waals surface area contributed by atoms with Crippen molar-refractivity contribution < 1.29 is 4.79 Å². The number of nitrogens with two attached hydrogens (primary N) is 2. The maximum absolute atomic E-state index is 11.1. The summed E-state index contributed by atoms with van der Waals surface area (Å²) < 4.78 is 1.80. The molecule has 1 aromatic heterocycles. The molecule has 0 radical (unpaired) electrons. The van der Waals surface area contributed by atoms with Crippen molar-refractivity contribution in [2.24, 2.45) is 5.73 Å². The second-order valence-electron chi connectivity index (χ2n) is 4.33. The van der Waals surface area contributed by atoms with Crippen molar-refractivity contribution in [2.75, 3.05) is 17.2 Å². The number of aryl methyl sites for hydroxylation is 2. The standard InChI is InChI=1S/C11H21N5O/c1-5-16-11(10(13)8(4)14-16)15(7(2)3)6-9(12)17/h7H,5-6,13H2,1-4H3,(H2,12,17).